The fourth-order valence-corrected chi connectivity index (χ4v) is 1.84. The van der Waals surface area contributed by atoms with E-state index in [-0.39, 0.29) is 0 Å². The smallest absolute Gasteiger partial charge is 0.141 e. The number of benzene rings is 1. The number of hydrogen-bond acceptors (Lipinski definition) is 4. The molecular weight excluding hydrogens is 190 g/mol. The maximum absolute atomic E-state index is 5.87. The van der Waals surface area contributed by atoms with Crippen LogP contribution in [0.1, 0.15) is 0 Å². The first kappa shape index (κ1) is 10.1. The van der Waals surface area contributed by atoms with Crippen LogP contribution in [0.2, 0.25) is 0 Å². The van der Waals surface area contributed by atoms with E-state index in [0.29, 0.717) is 5.69 Å². The largest absolute Gasteiger partial charge is 0.495 e. The second-order valence-electron chi connectivity index (χ2n) is 3.66. The van der Waals surface area contributed by atoms with E-state index in [1.54, 1.807) is 7.11 Å². The minimum atomic E-state index is 0.702. The van der Waals surface area contributed by atoms with Crippen molar-refractivity contribution in [3.05, 3.63) is 18.2 Å². The second-order valence-corrected chi connectivity index (χ2v) is 3.66. The number of rotatable bonds is 2. The van der Waals surface area contributed by atoms with Crippen molar-refractivity contribution in [2.75, 3.05) is 43.9 Å². The average Bonchev–Trinajstić information content (AvgIpc) is 2.30. The van der Waals surface area contributed by atoms with Crippen molar-refractivity contribution in [2.45, 2.75) is 0 Å². The molecule has 1 fully saturated rings. The van der Waals surface area contributed by atoms with Crippen LogP contribution < -0.4 is 20.7 Å². The number of piperazine rings is 1. The van der Waals surface area contributed by atoms with E-state index in [0.717, 1.165) is 31.9 Å². The SMILES string of the molecule is COc1ccc(N2CCNCC2)cc1N. The van der Waals surface area contributed by atoms with Crippen molar-refractivity contribution in [3.8, 4) is 5.75 Å². The third-order valence-corrected chi connectivity index (χ3v) is 2.70. The molecule has 1 aliphatic heterocycles. The molecule has 3 N–H and O–H groups in total. The highest BCUT2D eigenvalue weighted by atomic mass is 16.5. The summed E-state index contributed by atoms with van der Waals surface area (Å²) >= 11 is 0. The van der Waals surface area contributed by atoms with Gasteiger partial charge in [0.15, 0.2) is 0 Å². The number of methoxy groups -OCH3 is 1. The van der Waals surface area contributed by atoms with Gasteiger partial charge in [-0.1, -0.05) is 0 Å². The first-order chi connectivity index (χ1) is 7.31. The fourth-order valence-electron chi connectivity index (χ4n) is 1.84. The van der Waals surface area contributed by atoms with Gasteiger partial charge in [0.2, 0.25) is 0 Å². The molecule has 1 heterocycles. The molecule has 0 bridgehead atoms. The standard InChI is InChI=1S/C11H17N3O/c1-15-11-3-2-9(8-10(11)12)14-6-4-13-5-7-14/h2-3,8,13H,4-7,12H2,1H3. The van der Waals surface area contributed by atoms with Gasteiger partial charge in [0, 0.05) is 31.9 Å². The molecule has 0 spiro atoms. The number of ether oxygens (including phenoxy) is 1. The normalized spacial score (nSPS) is 16.5. The van der Waals surface area contributed by atoms with E-state index in [4.69, 9.17) is 10.5 Å². The first-order valence-electron chi connectivity index (χ1n) is 5.20. The number of nitrogens with one attached hydrogen (secondary N) is 1. The lowest BCUT2D eigenvalue weighted by molar-refractivity contribution is 0.417. The van der Waals surface area contributed by atoms with E-state index in [1.165, 1.54) is 5.69 Å². The van der Waals surface area contributed by atoms with Crippen molar-refractivity contribution in [1.29, 1.82) is 0 Å². The third-order valence-electron chi connectivity index (χ3n) is 2.70. The number of nitrogens with two attached hydrogens (primary N) is 1. The van der Waals surface area contributed by atoms with E-state index in [2.05, 4.69) is 16.3 Å². The molecule has 82 valence electrons. The van der Waals surface area contributed by atoms with Crippen LogP contribution in [-0.2, 0) is 0 Å². The Morgan fingerprint density at radius 2 is 2.07 bits per heavy atom. The molecular formula is C11H17N3O. The van der Waals surface area contributed by atoms with Gasteiger partial charge in [-0.05, 0) is 18.2 Å². The summed E-state index contributed by atoms with van der Waals surface area (Å²) in [5, 5.41) is 3.32. The molecule has 0 atom stereocenters. The third kappa shape index (κ3) is 2.15. The fraction of sp³-hybridized carbons (Fsp3) is 0.455. The lowest BCUT2D eigenvalue weighted by Crippen LogP contribution is -2.43. The predicted molar refractivity (Wildman–Crippen MR) is 62.5 cm³/mol. The molecule has 0 saturated carbocycles. The van der Waals surface area contributed by atoms with E-state index in [9.17, 15) is 0 Å². The zero-order chi connectivity index (χ0) is 10.7. The topological polar surface area (TPSA) is 50.5 Å². The molecule has 1 saturated heterocycles. The molecule has 1 aromatic rings. The van der Waals surface area contributed by atoms with Crippen LogP contribution in [0.25, 0.3) is 0 Å². The van der Waals surface area contributed by atoms with Gasteiger partial charge < -0.3 is 20.7 Å². The summed E-state index contributed by atoms with van der Waals surface area (Å²) in [5.74, 6) is 0.744. The van der Waals surface area contributed by atoms with Crippen molar-refractivity contribution in [2.24, 2.45) is 0 Å². The molecule has 2 rings (SSSR count). The lowest BCUT2D eigenvalue weighted by Gasteiger charge is -2.29. The molecule has 15 heavy (non-hydrogen) atoms. The first-order valence-corrected chi connectivity index (χ1v) is 5.20. The molecule has 4 nitrogen and oxygen atoms in total. The number of nitrogens with zero attached hydrogens (tertiary/aromatic N) is 1. The summed E-state index contributed by atoms with van der Waals surface area (Å²) in [6, 6.07) is 5.96. The summed E-state index contributed by atoms with van der Waals surface area (Å²) in [6.07, 6.45) is 0. The predicted octanol–water partition coefficient (Wildman–Crippen LogP) is 0.687. The van der Waals surface area contributed by atoms with Crippen molar-refractivity contribution in [3.63, 3.8) is 0 Å². The van der Waals surface area contributed by atoms with E-state index in [1.807, 2.05) is 12.1 Å². The van der Waals surface area contributed by atoms with Gasteiger partial charge in [-0.15, -0.1) is 0 Å². The zero-order valence-electron chi connectivity index (χ0n) is 8.99. The lowest BCUT2D eigenvalue weighted by atomic mass is 10.2. The molecule has 1 aliphatic rings. The molecule has 0 radical (unpaired) electrons. The van der Waals surface area contributed by atoms with Crippen LogP contribution in [0.5, 0.6) is 5.75 Å². The Balaban J connectivity index is 2.17. The molecule has 0 amide bonds. The Bertz CT molecular complexity index is 335. The minimum Gasteiger partial charge on any atom is -0.495 e. The van der Waals surface area contributed by atoms with Gasteiger partial charge in [-0.25, -0.2) is 0 Å². The van der Waals surface area contributed by atoms with Gasteiger partial charge in [-0.2, -0.15) is 0 Å². The highest BCUT2D eigenvalue weighted by Gasteiger charge is 2.11. The van der Waals surface area contributed by atoms with Crippen LogP contribution in [0.15, 0.2) is 18.2 Å². The van der Waals surface area contributed by atoms with Crippen LogP contribution in [0.4, 0.5) is 11.4 Å². The van der Waals surface area contributed by atoms with Gasteiger partial charge in [-0.3, -0.25) is 0 Å². The number of nitrogen functional groups attached to an aromatic ring is 1. The number of hydrogen-bond donors (Lipinski definition) is 2. The molecule has 0 aliphatic carbocycles. The van der Waals surface area contributed by atoms with Crippen molar-refractivity contribution in [1.82, 2.24) is 5.32 Å². The Hall–Kier alpha value is -1.42. The van der Waals surface area contributed by atoms with Crippen LogP contribution in [0, 0.1) is 0 Å². The van der Waals surface area contributed by atoms with E-state index >= 15 is 0 Å². The van der Waals surface area contributed by atoms with Crippen molar-refractivity contribution >= 4 is 11.4 Å². The Morgan fingerprint density at radius 1 is 1.33 bits per heavy atom. The highest BCUT2D eigenvalue weighted by Crippen LogP contribution is 2.26. The molecule has 0 aromatic heterocycles. The number of anilines is 2. The van der Waals surface area contributed by atoms with Gasteiger partial charge in [0.25, 0.3) is 0 Å². The summed E-state index contributed by atoms with van der Waals surface area (Å²) in [6.45, 7) is 4.13. The highest BCUT2D eigenvalue weighted by molar-refractivity contribution is 5.63. The van der Waals surface area contributed by atoms with Gasteiger partial charge in [0.1, 0.15) is 5.75 Å². The summed E-state index contributed by atoms with van der Waals surface area (Å²) in [7, 11) is 1.64. The average molecular weight is 207 g/mol. The maximum atomic E-state index is 5.87. The Morgan fingerprint density at radius 3 is 2.67 bits per heavy atom. The Labute approximate surface area is 90.0 Å². The van der Waals surface area contributed by atoms with Crippen LogP contribution in [-0.4, -0.2) is 33.3 Å². The second kappa shape index (κ2) is 4.40. The van der Waals surface area contributed by atoms with Crippen LogP contribution >= 0.6 is 0 Å². The van der Waals surface area contributed by atoms with Gasteiger partial charge >= 0.3 is 0 Å². The van der Waals surface area contributed by atoms with Crippen LogP contribution in [0.3, 0.4) is 0 Å². The van der Waals surface area contributed by atoms with E-state index < -0.39 is 0 Å². The summed E-state index contributed by atoms with van der Waals surface area (Å²) in [5.41, 5.74) is 7.75. The van der Waals surface area contributed by atoms with Crippen molar-refractivity contribution < 1.29 is 4.74 Å². The maximum Gasteiger partial charge on any atom is 0.141 e. The summed E-state index contributed by atoms with van der Waals surface area (Å²) < 4.78 is 5.13. The summed E-state index contributed by atoms with van der Waals surface area (Å²) in [4.78, 5) is 2.33. The molecule has 4 heteroatoms. The van der Waals surface area contributed by atoms with Gasteiger partial charge in [0.05, 0.1) is 12.8 Å². The monoisotopic (exact) mass is 207 g/mol. The quantitative estimate of drug-likeness (QED) is 0.700. The molecule has 1 aromatic carbocycles. The Kier molecular flexibility index (Phi) is 2.97. The molecule has 0 unspecified atom stereocenters. The minimum absolute atomic E-state index is 0.702. The zero-order valence-corrected chi connectivity index (χ0v) is 8.99.